The largest absolute Gasteiger partial charge is 0.337 e. The van der Waals surface area contributed by atoms with Gasteiger partial charge in [0.2, 0.25) is 0 Å². The number of imidazole rings is 1. The summed E-state index contributed by atoms with van der Waals surface area (Å²) < 4.78 is 2.98. The van der Waals surface area contributed by atoms with Crippen molar-refractivity contribution < 1.29 is 0 Å². The molecule has 0 spiro atoms. The molecule has 0 atom stereocenters. The molecule has 0 fully saturated rings. The number of aromatic nitrogens is 2. The van der Waals surface area contributed by atoms with E-state index >= 15 is 0 Å². The van der Waals surface area contributed by atoms with E-state index in [0.29, 0.717) is 5.92 Å². The lowest BCUT2D eigenvalue weighted by molar-refractivity contribution is 0.690. The normalized spacial score (nSPS) is 11.1. The van der Waals surface area contributed by atoms with Gasteiger partial charge in [-0.2, -0.15) is 0 Å². The second-order valence-corrected chi connectivity index (χ2v) is 5.26. The van der Waals surface area contributed by atoms with Crippen molar-refractivity contribution in [2.75, 3.05) is 0 Å². The molecule has 2 aromatic heterocycles. The van der Waals surface area contributed by atoms with Crippen molar-refractivity contribution in [2.45, 2.75) is 26.3 Å². The van der Waals surface area contributed by atoms with Gasteiger partial charge in [-0.1, -0.05) is 19.9 Å². The van der Waals surface area contributed by atoms with Crippen LogP contribution in [0.4, 0.5) is 0 Å². The molecule has 2 aromatic rings. The van der Waals surface area contributed by atoms with Gasteiger partial charge in [0.05, 0.1) is 6.54 Å². The summed E-state index contributed by atoms with van der Waals surface area (Å²) in [4.78, 5) is 4.45. The molecule has 2 nitrogen and oxygen atoms in total. The molecular weight excluding hydrogens is 224 g/mol. The van der Waals surface area contributed by atoms with Crippen LogP contribution in [0.2, 0.25) is 0 Å². The zero-order chi connectivity index (χ0) is 10.8. The number of nitrogens with zero attached hydrogens (tertiary/aromatic N) is 1. The number of nitrogens with one attached hydrogen (secondary N) is 1. The maximum Gasteiger partial charge on any atom is 0.177 e. The fourth-order valence-corrected chi connectivity index (χ4v) is 2.53. The summed E-state index contributed by atoms with van der Waals surface area (Å²) >= 11 is 7.05. The van der Waals surface area contributed by atoms with E-state index in [1.807, 2.05) is 6.20 Å². The fourth-order valence-electron chi connectivity index (χ4n) is 1.61. The predicted molar refractivity (Wildman–Crippen MR) is 67.1 cm³/mol. The summed E-state index contributed by atoms with van der Waals surface area (Å²) in [6, 6.07) is 4.22. The minimum absolute atomic E-state index is 0.498. The average Bonchev–Trinajstić information content (AvgIpc) is 2.78. The molecule has 0 aliphatic heterocycles. The van der Waals surface area contributed by atoms with Crippen molar-refractivity contribution in [3.63, 3.8) is 0 Å². The number of hydrogen-bond donors (Lipinski definition) is 1. The van der Waals surface area contributed by atoms with Crippen LogP contribution in [-0.2, 0) is 6.54 Å². The highest BCUT2D eigenvalue weighted by Crippen LogP contribution is 2.18. The summed E-state index contributed by atoms with van der Waals surface area (Å²) in [6.45, 7) is 5.25. The van der Waals surface area contributed by atoms with E-state index in [1.54, 1.807) is 11.3 Å². The topological polar surface area (TPSA) is 20.7 Å². The Balaban J connectivity index is 2.35. The Morgan fingerprint density at radius 3 is 2.93 bits per heavy atom. The van der Waals surface area contributed by atoms with Crippen LogP contribution in [0.5, 0.6) is 0 Å². The lowest BCUT2D eigenvalue weighted by atomic mass is 10.1. The molecule has 4 heteroatoms. The third-order valence-corrected chi connectivity index (χ3v) is 3.59. The first-order valence-corrected chi connectivity index (χ1v) is 6.27. The molecule has 0 bridgehead atoms. The van der Waals surface area contributed by atoms with Crippen LogP contribution in [0.3, 0.4) is 0 Å². The molecule has 0 saturated heterocycles. The number of rotatable bonds is 3. The summed E-state index contributed by atoms with van der Waals surface area (Å²) in [5.74, 6) is 0.498. The van der Waals surface area contributed by atoms with E-state index in [1.165, 1.54) is 10.6 Å². The molecule has 0 radical (unpaired) electrons. The summed E-state index contributed by atoms with van der Waals surface area (Å²) in [6.07, 6.45) is 2.01. The van der Waals surface area contributed by atoms with Crippen molar-refractivity contribution >= 4 is 23.6 Å². The van der Waals surface area contributed by atoms with Gasteiger partial charge in [0.15, 0.2) is 4.77 Å². The molecule has 1 N–H and O–H groups in total. The van der Waals surface area contributed by atoms with Crippen LogP contribution in [0.15, 0.2) is 23.7 Å². The second-order valence-electron chi connectivity index (χ2n) is 3.84. The zero-order valence-electron chi connectivity index (χ0n) is 8.86. The Hall–Kier alpha value is -0.870. The number of hydrogen-bond acceptors (Lipinski definition) is 2. The van der Waals surface area contributed by atoms with E-state index in [4.69, 9.17) is 12.2 Å². The van der Waals surface area contributed by atoms with Crippen LogP contribution in [0.25, 0.3) is 0 Å². The minimum Gasteiger partial charge on any atom is -0.337 e. The van der Waals surface area contributed by atoms with E-state index in [2.05, 4.69) is 40.9 Å². The van der Waals surface area contributed by atoms with Gasteiger partial charge in [-0.15, -0.1) is 11.3 Å². The molecule has 80 valence electrons. The van der Waals surface area contributed by atoms with Crippen molar-refractivity contribution in [3.05, 3.63) is 39.1 Å². The quantitative estimate of drug-likeness (QED) is 0.807. The molecule has 0 unspecified atom stereocenters. The standard InChI is InChI=1S/C11H14N2S2/c1-8(2)10-6-12-11(14)13(10)7-9-4-3-5-15-9/h3-6,8H,7H2,1-2H3,(H,12,14). The predicted octanol–water partition coefficient (Wildman–Crippen LogP) is 3.78. The Morgan fingerprint density at radius 1 is 1.53 bits per heavy atom. The van der Waals surface area contributed by atoms with Gasteiger partial charge < -0.3 is 9.55 Å². The van der Waals surface area contributed by atoms with Gasteiger partial charge in [0.1, 0.15) is 0 Å². The van der Waals surface area contributed by atoms with Gasteiger partial charge in [0.25, 0.3) is 0 Å². The number of thiophene rings is 1. The summed E-state index contributed by atoms with van der Waals surface area (Å²) in [5.41, 5.74) is 1.27. The molecule has 0 aromatic carbocycles. The van der Waals surface area contributed by atoms with Crippen LogP contribution in [-0.4, -0.2) is 9.55 Å². The number of aromatic amines is 1. The Kier molecular flexibility index (Phi) is 3.07. The van der Waals surface area contributed by atoms with E-state index in [9.17, 15) is 0 Å². The van der Waals surface area contributed by atoms with Crippen molar-refractivity contribution in [1.82, 2.24) is 9.55 Å². The van der Waals surface area contributed by atoms with Gasteiger partial charge in [-0.25, -0.2) is 0 Å². The molecule has 0 aliphatic rings. The van der Waals surface area contributed by atoms with Crippen LogP contribution in [0, 0.1) is 4.77 Å². The van der Waals surface area contributed by atoms with Crippen molar-refractivity contribution in [1.29, 1.82) is 0 Å². The molecule has 15 heavy (non-hydrogen) atoms. The number of H-pyrrole nitrogens is 1. The molecular formula is C11H14N2S2. The third-order valence-electron chi connectivity index (χ3n) is 2.39. The Bertz CT molecular complexity index is 477. The first-order chi connectivity index (χ1) is 7.18. The third kappa shape index (κ3) is 2.21. The molecule has 2 rings (SSSR count). The van der Waals surface area contributed by atoms with Gasteiger partial charge in [-0.3, -0.25) is 0 Å². The summed E-state index contributed by atoms with van der Waals surface area (Å²) in [5, 5.41) is 2.10. The fraction of sp³-hybridized carbons (Fsp3) is 0.364. The zero-order valence-corrected chi connectivity index (χ0v) is 10.5. The smallest absolute Gasteiger partial charge is 0.177 e. The highest BCUT2D eigenvalue weighted by molar-refractivity contribution is 7.71. The molecule has 2 heterocycles. The van der Waals surface area contributed by atoms with Crippen LogP contribution >= 0.6 is 23.6 Å². The molecule has 0 amide bonds. The first-order valence-electron chi connectivity index (χ1n) is 4.99. The minimum atomic E-state index is 0.498. The van der Waals surface area contributed by atoms with E-state index in [-0.39, 0.29) is 0 Å². The monoisotopic (exact) mass is 238 g/mol. The highest BCUT2D eigenvalue weighted by Gasteiger charge is 2.08. The average molecular weight is 238 g/mol. The van der Waals surface area contributed by atoms with Crippen molar-refractivity contribution in [3.8, 4) is 0 Å². The van der Waals surface area contributed by atoms with E-state index < -0.39 is 0 Å². The van der Waals surface area contributed by atoms with Crippen LogP contribution in [0.1, 0.15) is 30.3 Å². The lowest BCUT2D eigenvalue weighted by Gasteiger charge is -2.09. The van der Waals surface area contributed by atoms with Gasteiger partial charge in [-0.05, 0) is 29.6 Å². The molecule has 0 saturated carbocycles. The van der Waals surface area contributed by atoms with E-state index in [0.717, 1.165) is 11.3 Å². The maximum absolute atomic E-state index is 5.28. The summed E-state index contributed by atoms with van der Waals surface area (Å²) in [7, 11) is 0. The van der Waals surface area contributed by atoms with Gasteiger partial charge in [0, 0.05) is 16.8 Å². The Labute approximate surface area is 98.6 Å². The molecule has 0 aliphatic carbocycles. The maximum atomic E-state index is 5.28. The lowest BCUT2D eigenvalue weighted by Crippen LogP contribution is -2.04. The highest BCUT2D eigenvalue weighted by atomic mass is 32.1. The van der Waals surface area contributed by atoms with Gasteiger partial charge >= 0.3 is 0 Å². The van der Waals surface area contributed by atoms with Crippen LogP contribution < -0.4 is 0 Å². The SMILES string of the molecule is CC(C)c1c[nH]c(=S)n1Cc1cccs1. The first kappa shape index (κ1) is 10.6. The Morgan fingerprint density at radius 2 is 2.33 bits per heavy atom. The second kappa shape index (κ2) is 4.33. The van der Waals surface area contributed by atoms with Crippen molar-refractivity contribution in [2.24, 2.45) is 0 Å².